The Balaban J connectivity index is 2.27. The lowest BCUT2D eigenvalue weighted by Crippen LogP contribution is -2.36. The number of hydrogen-bond acceptors (Lipinski definition) is 3. The highest BCUT2D eigenvalue weighted by molar-refractivity contribution is 5.89. The van der Waals surface area contributed by atoms with Crippen LogP contribution < -0.4 is 10.6 Å². The van der Waals surface area contributed by atoms with Crippen LogP contribution >= 0.6 is 0 Å². The van der Waals surface area contributed by atoms with Crippen molar-refractivity contribution in [2.24, 2.45) is 5.92 Å². The van der Waals surface area contributed by atoms with Gasteiger partial charge in [0.1, 0.15) is 0 Å². The van der Waals surface area contributed by atoms with Crippen LogP contribution in [0.1, 0.15) is 13.3 Å². The molecule has 0 aromatic heterocycles. The predicted octanol–water partition coefficient (Wildman–Crippen LogP) is -1.38. The molecule has 1 unspecified atom stereocenters. The van der Waals surface area contributed by atoms with Crippen molar-refractivity contribution in [3.63, 3.8) is 0 Å². The van der Waals surface area contributed by atoms with E-state index in [1.807, 2.05) is 0 Å². The summed E-state index contributed by atoms with van der Waals surface area (Å²) in [5.74, 6) is -0.525. The molecule has 0 aromatic carbocycles. The molecule has 3 N–H and O–H groups in total. The van der Waals surface area contributed by atoms with E-state index in [2.05, 4.69) is 10.6 Å². The van der Waals surface area contributed by atoms with Gasteiger partial charge in [-0.05, 0) is 6.92 Å². The molecule has 0 spiro atoms. The van der Waals surface area contributed by atoms with Gasteiger partial charge in [0.15, 0.2) is 0 Å². The number of nitrogens with one attached hydrogen (secondary N) is 2. The number of aliphatic hydroxyl groups excluding tert-OH is 1. The molecule has 74 valence electrons. The molecule has 0 saturated carbocycles. The molecule has 0 aliphatic carbocycles. The van der Waals surface area contributed by atoms with E-state index in [1.165, 1.54) is 0 Å². The topological polar surface area (TPSA) is 78.4 Å². The first-order valence-corrected chi connectivity index (χ1v) is 4.32. The van der Waals surface area contributed by atoms with E-state index in [4.69, 9.17) is 5.11 Å². The zero-order valence-electron chi connectivity index (χ0n) is 7.54. The fourth-order valence-electron chi connectivity index (χ4n) is 1.18. The van der Waals surface area contributed by atoms with Gasteiger partial charge in [-0.15, -0.1) is 0 Å². The second kappa shape index (κ2) is 4.23. The van der Waals surface area contributed by atoms with Gasteiger partial charge in [0.2, 0.25) is 11.8 Å². The molecular formula is C8H14N2O3. The summed E-state index contributed by atoms with van der Waals surface area (Å²) in [6.45, 7) is 2.24. The van der Waals surface area contributed by atoms with Gasteiger partial charge in [-0.2, -0.15) is 0 Å². The van der Waals surface area contributed by atoms with Crippen molar-refractivity contribution in [2.75, 3.05) is 13.1 Å². The summed E-state index contributed by atoms with van der Waals surface area (Å²) >= 11 is 0. The molecule has 13 heavy (non-hydrogen) atoms. The van der Waals surface area contributed by atoms with Crippen LogP contribution in [-0.2, 0) is 9.59 Å². The zero-order chi connectivity index (χ0) is 9.84. The Kier molecular flexibility index (Phi) is 3.25. The first-order chi connectivity index (χ1) is 6.09. The van der Waals surface area contributed by atoms with E-state index in [0.29, 0.717) is 6.54 Å². The summed E-state index contributed by atoms with van der Waals surface area (Å²) in [6.07, 6.45) is -0.292. The summed E-state index contributed by atoms with van der Waals surface area (Å²) in [5, 5.41) is 14.0. The Morgan fingerprint density at radius 2 is 2.54 bits per heavy atom. The third kappa shape index (κ3) is 3.02. The molecule has 0 radical (unpaired) electrons. The van der Waals surface area contributed by atoms with Crippen molar-refractivity contribution in [1.29, 1.82) is 0 Å². The maximum atomic E-state index is 11.3. The van der Waals surface area contributed by atoms with Crippen molar-refractivity contribution in [3.8, 4) is 0 Å². The van der Waals surface area contributed by atoms with E-state index in [-0.39, 0.29) is 30.7 Å². The van der Waals surface area contributed by atoms with Crippen LogP contribution in [0, 0.1) is 5.92 Å². The molecule has 2 atom stereocenters. The molecular weight excluding hydrogens is 172 g/mol. The Bertz CT molecular complexity index is 215. The van der Waals surface area contributed by atoms with E-state index in [9.17, 15) is 9.59 Å². The molecule has 0 bridgehead atoms. The van der Waals surface area contributed by atoms with Gasteiger partial charge >= 0.3 is 0 Å². The highest BCUT2D eigenvalue weighted by Crippen LogP contribution is 2.08. The zero-order valence-corrected chi connectivity index (χ0v) is 7.54. The van der Waals surface area contributed by atoms with Crippen LogP contribution in [0.3, 0.4) is 0 Å². The minimum absolute atomic E-state index is 0.0859. The number of rotatable bonds is 3. The molecule has 2 amide bonds. The standard InChI is InChI=1S/C8H14N2O3/c1-5(11)3-10-8(13)6-2-7(12)9-4-6/h5-6,11H,2-4H2,1H3,(H,9,12)(H,10,13)/t5-,6?/m0/s1. The molecule has 1 aliphatic rings. The summed E-state index contributed by atoms with van der Waals surface area (Å²) in [5.41, 5.74) is 0. The third-order valence-electron chi connectivity index (χ3n) is 1.92. The monoisotopic (exact) mass is 186 g/mol. The quantitative estimate of drug-likeness (QED) is 0.508. The first-order valence-electron chi connectivity index (χ1n) is 4.32. The van der Waals surface area contributed by atoms with Crippen molar-refractivity contribution < 1.29 is 14.7 Å². The largest absolute Gasteiger partial charge is 0.392 e. The lowest BCUT2D eigenvalue weighted by molar-refractivity contribution is -0.126. The van der Waals surface area contributed by atoms with Crippen LogP contribution in [0.4, 0.5) is 0 Å². The number of carbonyl (C=O) groups excluding carboxylic acids is 2. The molecule has 1 saturated heterocycles. The average molecular weight is 186 g/mol. The Hall–Kier alpha value is -1.10. The molecule has 1 aliphatic heterocycles. The molecule has 0 aromatic rings. The number of hydrogen-bond donors (Lipinski definition) is 3. The molecule has 1 fully saturated rings. The number of amides is 2. The molecule has 5 heteroatoms. The summed E-state index contributed by atoms with van der Waals surface area (Å²) in [6, 6.07) is 0. The van der Waals surface area contributed by atoms with Gasteiger partial charge in [0.25, 0.3) is 0 Å². The Labute approximate surface area is 76.5 Å². The highest BCUT2D eigenvalue weighted by atomic mass is 16.3. The number of carbonyl (C=O) groups is 2. The highest BCUT2D eigenvalue weighted by Gasteiger charge is 2.27. The summed E-state index contributed by atoms with van der Waals surface area (Å²) < 4.78 is 0. The predicted molar refractivity (Wildman–Crippen MR) is 45.8 cm³/mol. The maximum Gasteiger partial charge on any atom is 0.225 e. The first kappa shape index (κ1) is 9.98. The van der Waals surface area contributed by atoms with Gasteiger partial charge in [-0.3, -0.25) is 9.59 Å². The average Bonchev–Trinajstić information content (AvgIpc) is 2.47. The van der Waals surface area contributed by atoms with Gasteiger partial charge < -0.3 is 15.7 Å². The van der Waals surface area contributed by atoms with Gasteiger partial charge in [0, 0.05) is 19.5 Å². The van der Waals surface area contributed by atoms with Gasteiger partial charge in [0.05, 0.1) is 12.0 Å². The lowest BCUT2D eigenvalue weighted by Gasteiger charge is -2.09. The van der Waals surface area contributed by atoms with Crippen molar-refractivity contribution >= 4 is 11.8 Å². The number of aliphatic hydroxyl groups is 1. The summed E-state index contributed by atoms with van der Waals surface area (Å²) in [7, 11) is 0. The van der Waals surface area contributed by atoms with E-state index >= 15 is 0 Å². The molecule has 5 nitrogen and oxygen atoms in total. The van der Waals surface area contributed by atoms with Crippen molar-refractivity contribution in [1.82, 2.24) is 10.6 Å². The van der Waals surface area contributed by atoms with Crippen molar-refractivity contribution in [3.05, 3.63) is 0 Å². The second-order valence-electron chi connectivity index (χ2n) is 3.30. The second-order valence-corrected chi connectivity index (χ2v) is 3.30. The fraction of sp³-hybridized carbons (Fsp3) is 0.750. The minimum Gasteiger partial charge on any atom is -0.392 e. The lowest BCUT2D eigenvalue weighted by atomic mass is 10.1. The maximum absolute atomic E-state index is 11.3. The van der Waals surface area contributed by atoms with Crippen LogP contribution in [0.25, 0.3) is 0 Å². The SMILES string of the molecule is C[C@H](O)CNC(=O)C1CNC(=O)C1. The van der Waals surface area contributed by atoms with Crippen LogP contribution in [-0.4, -0.2) is 36.1 Å². The van der Waals surface area contributed by atoms with Crippen molar-refractivity contribution in [2.45, 2.75) is 19.4 Å². The van der Waals surface area contributed by atoms with E-state index in [1.54, 1.807) is 6.92 Å². The minimum atomic E-state index is -0.547. The van der Waals surface area contributed by atoms with Crippen LogP contribution in [0.2, 0.25) is 0 Å². The van der Waals surface area contributed by atoms with E-state index in [0.717, 1.165) is 0 Å². The van der Waals surface area contributed by atoms with Gasteiger partial charge in [-0.1, -0.05) is 0 Å². The normalized spacial score (nSPS) is 23.8. The summed E-state index contributed by atoms with van der Waals surface area (Å²) in [4.78, 5) is 22.0. The molecule has 1 heterocycles. The Morgan fingerprint density at radius 1 is 1.85 bits per heavy atom. The van der Waals surface area contributed by atoms with Crippen LogP contribution in [0.15, 0.2) is 0 Å². The van der Waals surface area contributed by atoms with Crippen LogP contribution in [0.5, 0.6) is 0 Å². The van der Waals surface area contributed by atoms with Gasteiger partial charge in [-0.25, -0.2) is 0 Å². The third-order valence-corrected chi connectivity index (χ3v) is 1.92. The molecule has 1 rings (SSSR count). The van der Waals surface area contributed by atoms with E-state index < -0.39 is 6.10 Å². The smallest absolute Gasteiger partial charge is 0.225 e. The fourth-order valence-corrected chi connectivity index (χ4v) is 1.18. The Morgan fingerprint density at radius 3 is 3.00 bits per heavy atom.